The van der Waals surface area contributed by atoms with Gasteiger partial charge in [-0.3, -0.25) is 4.99 Å². The fourth-order valence-electron chi connectivity index (χ4n) is 4.27. The van der Waals surface area contributed by atoms with Crippen LogP contribution in [0.4, 0.5) is 11.8 Å². The fourth-order valence-corrected chi connectivity index (χ4v) is 4.27. The molecule has 0 bridgehead atoms. The minimum Gasteiger partial charge on any atom is -0.354 e. The van der Waals surface area contributed by atoms with Gasteiger partial charge < -0.3 is 19.7 Å². The molecule has 8 heteroatoms. The fraction of sp³-hybridized carbons (Fsp3) is 0.391. The summed E-state index contributed by atoms with van der Waals surface area (Å²) < 4.78 is 2.18. The predicted octanol–water partition coefficient (Wildman–Crippen LogP) is 1.89. The highest BCUT2D eigenvalue weighted by atomic mass is 15.3. The zero-order valence-electron chi connectivity index (χ0n) is 18.0. The van der Waals surface area contributed by atoms with Gasteiger partial charge in [0.1, 0.15) is 5.82 Å². The third kappa shape index (κ3) is 3.62. The molecule has 4 heterocycles. The molecule has 2 aromatic heterocycles. The van der Waals surface area contributed by atoms with Crippen LogP contribution in [0.2, 0.25) is 0 Å². The van der Waals surface area contributed by atoms with Crippen molar-refractivity contribution in [2.75, 3.05) is 50.0 Å². The molecule has 0 saturated carbocycles. The summed E-state index contributed by atoms with van der Waals surface area (Å²) in [4.78, 5) is 19.2. The van der Waals surface area contributed by atoms with Crippen LogP contribution >= 0.6 is 0 Å². The second-order valence-electron chi connectivity index (χ2n) is 8.21. The monoisotopic (exact) mass is 414 g/mol. The highest BCUT2D eigenvalue weighted by Gasteiger charge is 2.19. The maximum absolute atomic E-state index is 9.33. The summed E-state index contributed by atoms with van der Waals surface area (Å²) in [5, 5.41) is 13.7. The van der Waals surface area contributed by atoms with E-state index < -0.39 is 0 Å². The number of hydrogen-bond donors (Lipinski definition) is 1. The summed E-state index contributed by atoms with van der Waals surface area (Å²) in [6, 6.07) is 10.2. The number of piperazine rings is 1. The Morgan fingerprint density at radius 2 is 2.03 bits per heavy atom. The van der Waals surface area contributed by atoms with Gasteiger partial charge in [0.05, 0.1) is 29.9 Å². The summed E-state index contributed by atoms with van der Waals surface area (Å²) in [6.07, 6.45) is 1.96. The number of pyridine rings is 1. The largest absolute Gasteiger partial charge is 0.354 e. The molecule has 31 heavy (non-hydrogen) atoms. The molecular formula is C23H26N8. The first-order valence-electron chi connectivity index (χ1n) is 10.7. The molecule has 8 nitrogen and oxygen atoms in total. The van der Waals surface area contributed by atoms with E-state index >= 15 is 0 Å². The summed E-state index contributed by atoms with van der Waals surface area (Å²) in [7, 11) is 2.16. The lowest BCUT2D eigenvalue weighted by Crippen LogP contribution is -2.44. The molecule has 1 N–H and O–H groups in total. The Hall–Kier alpha value is -3.44. The zero-order chi connectivity index (χ0) is 21.4. The van der Waals surface area contributed by atoms with Crippen molar-refractivity contribution in [3.8, 4) is 6.07 Å². The summed E-state index contributed by atoms with van der Waals surface area (Å²) in [5.41, 5.74) is 4.48. The molecule has 0 amide bonds. The maximum Gasteiger partial charge on any atom is 0.205 e. The van der Waals surface area contributed by atoms with Crippen molar-refractivity contribution in [2.45, 2.75) is 20.0 Å². The van der Waals surface area contributed by atoms with E-state index in [-0.39, 0.29) is 0 Å². The average Bonchev–Trinajstić information content (AvgIpc) is 3.27. The lowest BCUT2D eigenvalue weighted by Gasteiger charge is -2.33. The molecule has 0 aliphatic carbocycles. The second-order valence-corrected chi connectivity index (χ2v) is 8.21. The molecule has 1 aromatic carbocycles. The number of nitriles is 1. The average molecular weight is 415 g/mol. The zero-order valence-corrected chi connectivity index (χ0v) is 18.0. The van der Waals surface area contributed by atoms with E-state index in [1.807, 2.05) is 31.3 Å². The van der Waals surface area contributed by atoms with Gasteiger partial charge >= 0.3 is 0 Å². The van der Waals surface area contributed by atoms with E-state index in [0.717, 1.165) is 78.6 Å². The first kappa shape index (κ1) is 19.5. The van der Waals surface area contributed by atoms with E-state index in [1.54, 1.807) is 0 Å². The van der Waals surface area contributed by atoms with Crippen LogP contribution in [0.3, 0.4) is 0 Å². The number of hydrogen-bond acceptors (Lipinski definition) is 7. The van der Waals surface area contributed by atoms with Crippen molar-refractivity contribution in [2.24, 2.45) is 4.99 Å². The van der Waals surface area contributed by atoms with Gasteiger partial charge in [0, 0.05) is 44.7 Å². The molecule has 1 fully saturated rings. The third-order valence-corrected chi connectivity index (χ3v) is 6.28. The minimum absolute atomic E-state index is 0.485. The number of likely N-dealkylation sites (N-methyl/N-ethyl adjacent to an activating group) is 1. The SMILES string of the molecule is Cc1c(C#N)cccc1CN=c1nc2n(c3cnc(N4CCN(C)CC4)cc13)CCN2. The Morgan fingerprint density at radius 1 is 1.19 bits per heavy atom. The van der Waals surface area contributed by atoms with Gasteiger partial charge in [0.2, 0.25) is 5.95 Å². The molecular weight excluding hydrogens is 388 g/mol. The van der Waals surface area contributed by atoms with Crippen LogP contribution in [0, 0.1) is 18.3 Å². The molecule has 1 saturated heterocycles. The Morgan fingerprint density at radius 3 is 2.84 bits per heavy atom. The van der Waals surface area contributed by atoms with Crippen molar-refractivity contribution in [1.29, 1.82) is 5.26 Å². The maximum atomic E-state index is 9.33. The summed E-state index contributed by atoms with van der Waals surface area (Å²) in [5.74, 6) is 1.82. The van der Waals surface area contributed by atoms with E-state index in [0.29, 0.717) is 12.1 Å². The number of fused-ring (bicyclic) bond motifs is 3. The molecule has 158 valence electrons. The normalized spacial score (nSPS) is 16.9. The first-order valence-corrected chi connectivity index (χ1v) is 10.7. The van der Waals surface area contributed by atoms with Crippen LogP contribution < -0.4 is 15.7 Å². The van der Waals surface area contributed by atoms with E-state index in [9.17, 15) is 5.26 Å². The van der Waals surface area contributed by atoms with Crippen LogP contribution in [0.15, 0.2) is 35.5 Å². The second kappa shape index (κ2) is 8.00. The van der Waals surface area contributed by atoms with Crippen LogP contribution in [-0.2, 0) is 13.1 Å². The Kier molecular flexibility index (Phi) is 5.04. The first-order chi connectivity index (χ1) is 15.1. The van der Waals surface area contributed by atoms with E-state index in [4.69, 9.17) is 15.0 Å². The van der Waals surface area contributed by atoms with Gasteiger partial charge in [-0.25, -0.2) is 4.98 Å². The highest BCUT2D eigenvalue weighted by molar-refractivity contribution is 5.81. The number of anilines is 2. The van der Waals surface area contributed by atoms with Crippen LogP contribution in [0.25, 0.3) is 10.9 Å². The van der Waals surface area contributed by atoms with E-state index in [2.05, 4.69) is 38.9 Å². The Labute approximate surface area is 181 Å². The Balaban J connectivity index is 1.60. The number of nitrogens with zero attached hydrogens (tertiary/aromatic N) is 7. The van der Waals surface area contributed by atoms with Crippen LogP contribution in [0.1, 0.15) is 16.7 Å². The van der Waals surface area contributed by atoms with Gasteiger partial charge in [0.15, 0.2) is 5.49 Å². The van der Waals surface area contributed by atoms with Crippen molar-refractivity contribution in [3.05, 3.63) is 52.6 Å². The third-order valence-electron chi connectivity index (χ3n) is 6.28. The summed E-state index contributed by atoms with van der Waals surface area (Å²) in [6.45, 7) is 8.19. The van der Waals surface area contributed by atoms with Crippen molar-refractivity contribution in [3.63, 3.8) is 0 Å². The number of nitrogens with one attached hydrogen (secondary N) is 1. The van der Waals surface area contributed by atoms with Crippen LogP contribution in [0.5, 0.6) is 0 Å². The molecule has 2 aliphatic rings. The van der Waals surface area contributed by atoms with Crippen molar-refractivity contribution >= 4 is 22.7 Å². The molecule has 2 aliphatic heterocycles. The molecule has 0 spiro atoms. The number of rotatable bonds is 3. The highest BCUT2D eigenvalue weighted by Crippen LogP contribution is 2.22. The Bertz CT molecular complexity index is 1240. The van der Waals surface area contributed by atoms with Gasteiger partial charge in [-0.15, -0.1) is 0 Å². The molecule has 0 radical (unpaired) electrons. The van der Waals surface area contributed by atoms with Crippen molar-refractivity contribution in [1.82, 2.24) is 19.4 Å². The smallest absolute Gasteiger partial charge is 0.205 e. The number of aromatic nitrogens is 3. The lowest BCUT2D eigenvalue weighted by molar-refractivity contribution is 0.312. The lowest BCUT2D eigenvalue weighted by atomic mass is 10.0. The van der Waals surface area contributed by atoms with Gasteiger partial charge in [0.25, 0.3) is 0 Å². The number of benzene rings is 1. The molecule has 5 rings (SSSR count). The van der Waals surface area contributed by atoms with Gasteiger partial charge in [-0.2, -0.15) is 10.2 Å². The van der Waals surface area contributed by atoms with E-state index in [1.165, 1.54) is 0 Å². The molecule has 0 atom stereocenters. The predicted molar refractivity (Wildman–Crippen MR) is 121 cm³/mol. The standard InChI is InChI=1S/C23H26N8/c1-16-17(13-24)4-3-5-18(16)14-27-22-19-12-21(30-10-8-29(2)9-11-30)26-15-20(19)31-7-6-25-23(31)28-22/h3-5,12,15H,6-11,14H2,1-2H3,(H,25,27,28). The molecule has 3 aromatic rings. The van der Waals surface area contributed by atoms with Crippen molar-refractivity contribution < 1.29 is 0 Å². The van der Waals surface area contributed by atoms with Crippen LogP contribution in [-0.4, -0.2) is 59.2 Å². The topological polar surface area (TPSA) is 85.4 Å². The molecule has 0 unspecified atom stereocenters. The quantitative estimate of drug-likeness (QED) is 0.705. The summed E-state index contributed by atoms with van der Waals surface area (Å²) >= 11 is 0. The minimum atomic E-state index is 0.485. The van der Waals surface area contributed by atoms with Gasteiger partial charge in [-0.1, -0.05) is 12.1 Å². The van der Waals surface area contributed by atoms with Gasteiger partial charge in [-0.05, 0) is 37.2 Å².